The van der Waals surface area contributed by atoms with E-state index in [1.54, 1.807) is 0 Å². The molecular weight excluding hydrogens is 268 g/mol. The van der Waals surface area contributed by atoms with Crippen LogP contribution >= 0.6 is 0 Å². The van der Waals surface area contributed by atoms with E-state index in [1.165, 1.54) is 26.2 Å². The molecule has 1 unspecified atom stereocenters. The first-order valence-corrected chi connectivity index (χ1v) is 5.70. The second-order valence-corrected chi connectivity index (χ2v) is 4.09. The fourth-order valence-corrected chi connectivity index (χ4v) is 1.41. The number of amides is 1. The zero-order valence-corrected chi connectivity index (χ0v) is 11.0. The highest BCUT2D eigenvalue weighted by molar-refractivity contribution is 5.95. The first kappa shape index (κ1) is 15.4. The molecule has 0 saturated carbocycles. The molecule has 1 aromatic rings. The van der Waals surface area contributed by atoms with Gasteiger partial charge in [-0.05, 0) is 12.1 Å². The van der Waals surface area contributed by atoms with Crippen LogP contribution in [0.15, 0.2) is 18.2 Å². The van der Waals surface area contributed by atoms with Crippen molar-refractivity contribution < 1.29 is 24.4 Å². The summed E-state index contributed by atoms with van der Waals surface area (Å²) in [5.41, 5.74) is -0.262. The zero-order chi connectivity index (χ0) is 15.3. The second kappa shape index (κ2) is 6.50. The fraction of sp³-hybridized carbons (Fsp3) is 0.333. The average molecular weight is 282 g/mol. The predicted octanol–water partition coefficient (Wildman–Crippen LogP) is 1.05. The van der Waals surface area contributed by atoms with Crippen LogP contribution in [0.1, 0.15) is 17.3 Å². The molecule has 0 fully saturated rings. The first-order valence-electron chi connectivity index (χ1n) is 5.70. The molecule has 8 nitrogen and oxygen atoms in total. The lowest BCUT2D eigenvalue weighted by Crippen LogP contribution is -2.31. The van der Waals surface area contributed by atoms with Gasteiger partial charge in [-0.1, -0.05) is 6.92 Å². The Hall–Kier alpha value is -2.64. The summed E-state index contributed by atoms with van der Waals surface area (Å²) in [4.78, 5) is 32.6. The summed E-state index contributed by atoms with van der Waals surface area (Å²) in [7, 11) is 1.29. The molecule has 0 spiro atoms. The molecule has 0 heterocycles. The number of nitro groups is 1. The Morgan fingerprint density at radius 2 is 2.15 bits per heavy atom. The zero-order valence-electron chi connectivity index (χ0n) is 11.0. The number of nitrogens with one attached hydrogen (secondary N) is 1. The van der Waals surface area contributed by atoms with Crippen molar-refractivity contribution in [2.45, 2.75) is 6.92 Å². The lowest BCUT2D eigenvalue weighted by Gasteiger charge is -2.09. The van der Waals surface area contributed by atoms with Crippen molar-refractivity contribution in [1.82, 2.24) is 5.32 Å². The molecule has 0 saturated heterocycles. The number of rotatable bonds is 6. The molecule has 20 heavy (non-hydrogen) atoms. The predicted molar refractivity (Wildman–Crippen MR) is 68.8 cm³/mol. The van der Waals surface area contributed by atoms with Crippen molar-refractivity contribution in [2.75, 3.05) is 13.7 Å². The molecule has 8 heteroatoms. The number of carboxylic acids is 1. The molecule has 0 bridgehead atoms. The maximum absolute atomic E-state index is 11.8. The van der Waals surface area contributed by atoms with Crippen LogP contribution in [0.3, 0.4) is 0 Å². The molecule has 1 atom stereocenters. The SMILES string of the molecule is COc1ccc(C(=O)NCC(C)C(=O)O)cc1[N+](=O)[O-]. The van der Waals surface area contributed by atoms with Crippen LogP contribution in [0.4, 0.5) is 5.69 Å². The maximum atomic E-state index is 11.8. The molecule has 0 aromatic heterocycles. The van der Waals surface area contributed by atoms with Gasteiger partial charge in [-0.25, -0.2) is 0 Å². The summed E-state index contributed by atoms with van der Waals surface area (Å²) in [6, 6.07) is 3.76. The third kappa shape index (κ3) is 3.67. The lowest BCUT2D eigenvalue weighted by molar-refractivity contribution is -0.385. The summed E-state index contributed by atoms with van der Waals surface area (Å²) in [6.45, 7) is 1.38. The van der Waals surface area contributed by atoms with Gasteiger partial charge in [-0.15, -0.1) is 0 Å². The summed E-state index contributed by atoms with van der Waals surface area (Å²) in [6.07, 6.45) is 0. The molecule has 1 rings (SSSR count). The smallest absolute Gasteiger partial charge is 0.311 e. The minimum absolute atomic E-state index is 0.0467. The van der Waals surface area contributed by atoms with Gasteiger partial charge in [0.15, 0.2) is 5.75 Å². The Morgan fingerprint density at radius 1 is 1.50 bits per heavy atom. The van der Waals surface area contributed by atoms with Gasteiger partial charge in [0.1, 0.15) is 0 Å². The molecule has 0 aliphatic carbocycles. The normalized spacial score (nSPS) is 11.5. The van der Waals surface area contributed by atoms with E-state index in [1.807, 2.05) is 0 Å². The van der Waals surface area contributed by atoms with E-state index in [4.69, 9.17) is 9.84 Å². The minimum atomic E-state index is -1.04. The number of methoxy groups -OCH3 is 1. The van der Waals surface area contributed by atoms with E-state index in [-0.39, 0.29) is 23.5 Å². The van der Waals surface area contributed by atoms with Gasteiger partial charge in [0.05, 0.1) is 18.0 Å². The molecule has 1 aromatic carbocycles. The molecular formula is C12H14N2O6. The van der Waals surface area contributed by atoms with E-state index in [0.29, 0.717) is 0 Å². The Labute approximate surface area is 114 Å². The van der Waals surface area contributed by atoms with Crippen LogP contribution in [0.25, 0.3) is 0 Å². The number of carbonyl (C=O) groups is 2. The van der Waals surface area contributed by atoms with Crippen molar-refractivity contribution >= 4 is 17.6 Å². The third-order valence-corrected chi connectivity index (χ3v) is 2.63. The van der Waals surface area contributed by atoms with Crippen LogP contribution in [0.2, 0.25) is 0 Å². The summed E-state index contributed by atoms with van der Waals surface area (Å²) in [5.74, 6) is -2.31. The monoisotopic (exact) mass is 282 g/mol. The highest BCUT2D eigenvalue weighted by Gasteiger charge is 2.19. The van der Waals surface area contributed by atoms with Gasteiger partial charge in [0, 0.05) is 18.2 Å². The average Bonchev–Trinajstić information content (AvgIpc) is 2.43. The van der Waals surface area contributed by atoms with Crippen molar-refractivity contribution in [2.24, 2.45) is 5.92 Å². The number of carboxylic acid groups (broad SMARTS) is 1. The Bertz CT molecular complexity index is 543. The van der Waals surface area contributed by atoms with E-state index < -0.39 is 22.7 Å². The van der Waals surface area contributed by atoms with Crippen molar-refractivity contribution in [1.29, 1.82) is 0 Å². The summed E-state index contributed by atoms with van der Waals surface area (Å²) in [5, 5.41) is 21.9. The van der Waals surface area contributed by atoms with Crippen LogP contribution in [0.5, 0.6) is 5.75 Å². The highest BCUT2D eigenvalue weighted by atomic mass is 16.6. The van der Waals surface area contributed by atoms with Gasteiger partial charge >= 0.3 is 11.7 Å². The van der Waals surface area contributed by atoms with Gasteiger partial charge in [-0.3, -0.25) is 19.7 Å². The largest absolute Gasteiger partial charge is 0.490 e. The second-order valence-electron chi connectivity index (χ2n) is 4.09. The van der Waals surface area contributed by atoms with Crippen molar-refractivity contribution in [3.63, 3.8) is 0 Å². The molecule has 0 radical (unpaired) electrons. The number of ether oxygens (including phenoxy) is 1. The minimum Gasteiger partial charge on any atom is -0.490 e. The molecule has 0 aliphatic rings. The maximum Gasteiger partial charge on any atom is 0.311 e. The Kier molecular flexibility index (Phi) is 5.01. The summed E-state index contributed by atoms with van der Waals surface area (Å²) < 4.78 is 4.82. The number of benzene rings is 1. The van der Waals surface area contributed by atoms with E-state index in [9.17, 15) is 19.7 Å². The van der Waals surface area contributed by atoms with Crippen molar-refractivity contribution in [3.05, 3.63) is 33.9 Å². The first-order chi connectivity index (χ1) is 9.36. The highest BCUT2D eigenvalue weighted by Crippen LogP contribution is 2.27. The number of nitrogens with zero attached hydrogens (tertiary/aromatic N) is 1. The van der Waals surface area contributed by atoms with Crippen LogP contribution < -0.4 is 10.1 Å². The fourth-order valence-electron chi connectivity index (χ4n) is 1.41. The van der Waals surface area contributed by atoms with Crippen LogP contribution in [-0.2, 0) is 4.79 Å². The number of nitro benzene ring substituents is 1. The van der Waals surface area contributed by atoms with Gasteiger partial charge in [0.25, 0.3) is 5.91 Å². The van der Waals surface area contributed by atoms with Crippen LogP contribution in [-0.4, -0.2) is 35.6 Å². The molecule has 1 amide bonds. The van der Waals surface area contributed by atoms with Gasteiger partial charge < -0.3 is 15.2 Å². The van der Waals surface area contributed by atoms with Gasteiger partial charge in [0.2, 0.25) is 0 Å². The number of hydrogen-bond acceptors (Lipinski definition) is 5. The van der Waals surface area contributed by atoms with E-state index in [2.05, 4.69) is 5.32 Å². The van der Waals surface area contributed by atoms with E-state index >= 15 is 0 Å². The van der Waals surface area contributed by atoms with Crippen molar-refractivity contribution in [3.8, 4) is 5.75 Å². The number of carbonyl (C=O) groups excluding carboxylic acids is 1. The quantitative estimate of drug-likeness (QED) is 0.594. The summed E-state index contributed by atoms with van der Waals surface area (Å²) >= 11 is 0. The lowest BCUT2D eigenvalue weighted by atomic mass is 10.1. The van der Waals surface area contributed by atoms with Crippen LogP contribution in [0, 0.1) is 16.0 Å². The number of aliphatic carboxylic acids is 1. The Morgan fingerprint density at radius 3 is 2.65 bits per heavy atom. The molecule has 108 valence electrons. The number of hydrogen-bond donors (Lipinski definition) is 2. The topological polar surface area (TPSA) is 119 Å². The van der Waals surface area contributed by atoms with Gasteiger partial charge in [-0.2, -0.15) is 0 Å². The Balaban J connectivity index is 2.86. The molecule has 0 aliphatic heterocycles. The van der Waals surface area contributed by atoms with E-state index in [0.717, 1.165) is 6.07 Å². The molecule has 2 N–H and O–H groups in total. The third-order valence-electron chi connectivity index (χ3n) is 2.63. The standard InChI is InChI=1S/C12H14N2O6/c1-7(12(16)17)6-13-11(15)8-3-4-10(20-2)9(5-8)14(18)19/h3-5,7H,6H2,1-2H3,(H,13,15)(H,16,17).